The number of nitrogens with one attached hydrogen (secondary N) is 2. The van der Waals surface area contributed by atoms with Gasteiger partial charge in [0.25, 0.3) is 0 Å². The Morgan fingerprint density at radius 1 is 1.15 bits per heavy atom. The highest BCUT2D eigenvalue weighted by Gasteiger charge is 2.35. The first-order chi connectivity index (χ1) is 16.1. The molecule has 5 rings (SSSR count). The monoisotopic (exact) mass is 471 g/mol. The molecule has 2 N–H and O–H groups in total. The third kappa shape index (κ3) is 4.83. The van der Waals surface area contributed by atoms with Gasteiger partial charge in [0.05, 0.1) is 24.3 Å². The predicted octanol–water partition coefficient (Wildman–Crippen LogP) is 4.09. The molecule has 3 aromatic rings. The van der Waals surface area contributed by atoms with Crippen LogP contribution in [0.4, 0.5) is 15.9 Å². The molecule has 0 saturated carbocycles. The molecule has 3 heterocycles. The lowest BCUT2D eigenvalue weighted by Gasteiger charge is -2.18. The Kier molecular flexibility index (Phi) is 6.48. The van der Waals surface area contributed by atoms with Gasteiger partial charge in [-0.3, -0.25) is 0 Å². The van der Waals surface area contributed by atoms with Crippen molar-refractivity contribution in [3.8, 4) is 11.5 Å². The van der Waals surface area contributed by atoms with Gasteiger partial charge in [0, 0.05) is 36.8 Å². The summed E-state index contributed by atoms with van der Waals surface area (Å²) in [6.07, 6.45) is 2.41. The van der Waals surface area contributed by atoms with Gasteiger partial charge in [0.1, 0.15) is 18.0 Å². The number of benzene rings is 2. The van der Waals surface area contributed by atoms with E-state index in [9.17, 15) is 4.39 Å². The molecule has 7 nitrogen and oxygen atoms in total. The molecule has 0 spiro atoms. The van der Waals surface area contributed by atoms with Crippen molar-refractivity contribution < 1.29 is 13.9 Å². The molecule has 0 radical (unpaired) electrons. The van der Waals surface area contributed by atoms with E-state index in [2.05, 4.69) is 25.5 Å². The van der Waals surface area contributed by atoms with E-state index in [0.717, 1.165) is 43.3 Å². The minimum absolute atomic E-state index is 0.0435. The molecule has 0 amide bonds. The minimum Gasteiger partial charge on any atom is -0.493 e. The van der Waals surface area contributed by atoms with Gasteiger partial charge in [-0.15, -0.1) is 0 Å². The summed E-state index contributed by atoms with van der Waals surface area (Å²) in [4.78, 5) is 11.3. The molecule has 2 aliphatic rings. The zero-order valence-electron chi connectivity index (χ0n) is 18.5. The lowest BCUT2D eigenvalue weighted by molar-refractivity contribution is 0.247. The Morgan fingerprint density at radius 2 is 1.97 bits per heavy atom. The van der Waals surface area contributed by atoms with Crippen molar-refractivity contribution in [2.75, 3.05) is 51.8 Å². The number of hydrogen-bond acceptors (Lipinski definition) is 7. The Balaban J connectivity index is 1.28. The summed E-state index contributed by atoms with van der Waals surface area (Å²) in [5, 5.41) is 7.49. The summed E-state index contributed by atoms with van der Waals surface area (Å²) in [5.74, 6) is 2.97. The molecule has 9 heteroatoms. The number of rotatable bonds is 8. The molecular weight excluding hydrogens is 445 g/mol. The minimum atomic E-state index is -0.469. The molecule has 2 unspecified atom stereocenters. The molecule has 1 aromatic heterocycles. The standard InChI is InChI=1S/C24H27ClFN5O2/c1-32-22-9-21-18(24(29-14-28-21)30-17-3-4-20(26)19(25)7-17)8-23(22)33-6-2-5-31-12-15-10-27-11-16(15)13-31/h3-4,7-9,14-16,27H,2,5-6,10-13H2,1H3,(H,28,29,30). The summed E-state index contributed by atoms with van der Waals surface area (Å²) in [5.41, 5.74) is 1.34. The van der Waals surface area contributed by atoms with Gasteiger partial charge in [0.2, 0.25) is 0 Å². The molecule has 2 aromatic carbocycles. The molecule has 2 fully saturated rings. The molecule has 2 saturated heterocycles. The van der Waals surface area contributed by atoms with E-state index >= 15 is 0 Å². The Hall–Kier alpha value is -2.68. The average molecular weight is 472 g/mol. The SMILES string of the molecule is COc1cc2ncnc(Nc3ccc(F)c(Cl)c3)c2cc1OCCCN1CC2CNCC2C1. The maximum absolute atomic E-state index is 13.5. The lowest BCUT2D eigenvalue weighted by atomic mass is 10.0. The van der Waals surface area contributed by atoms with Crippen molar-refractivity contribution in [1.29, 1.82) is 0 Å². The van der Waals surface area contributed by atoms with Crippen molar-refractivity contribution in [3.05, 3.63) is 47.5 Å². The highest BCUT2D eigenvalue weighted by atomic mass is 35.5. The number of halogens is 2. The summed E-state index contributed by atoms with van der Waals surface area (Å²) >= 11 is 5.92. The van der Waals surface area contributed by atoms with Gasteiger partial charge >= 0.3 is 0 Å². The van der Waals surface area contributed by atoms with Crippen LogP contribution in [0.15, 0.2) is 36.7 Å². The summed E-state index contributed by atoms with van der Waals surface area (Å²) in [6.45, 7) is 6.27. The van der Waals surface area contributed by atoms with Crippen LogP contribution in [0.1, 0.15) is 6.42 Å². The van der Waals surface area contributed by atoms with Crippen LogP contribution in [-0.4, -0.2) is 61.3 Å². The van der Waals surface area contributed by atoms with Gasteiger partial charge in [-0.1, -0.05) is 11.6 Å². The zero-order valence-corrected chi connectivity index (χ0v) is 19.2. The fraction of sp³-hybridized carbons (Fsp3) is 0.417. The molecule has 174 valence electrons. The predicted molar refractivity (Wildman–Crippen MR) is 127 cm³/mol. The maximum atomic E-state index is 13.5. The summed E-state index contributed by atoms with van der Waals surface area (Å²) in [6, 6.07) is 8.17. The van der Waals surface area contributed by atoms with E-state index in [1.807, 2.05) is 12.1 Å². The number of methoxy groups -OCH3 is 1. The number of ether oxygens (including phenoxy) is 2. The van der Waals surface area contributed by atoms with Crippen LogP contribution in [-0.2, 0) is 0 Å². The fourth-order valence-corrected chi connectivity index (χ4v) is 4.93. The highest BCUT2D eigenvalue weighted by Crippen LogP contribution is 2.35. The normalized spacial score (nSPS) is 20.2. The lowest BCUT2D eigenvalue weighted by Crippen LogP contribution is -2.27. The number of nitrogens with zero attached hydrogens (tertiary/aromatic N) is 3. The number of fused-ring (bicyclic) bond motifs is 2. The highest BCUT2D eigenvalue weighted by molar-refractivity contribution is 6.31. The second kappa shape index (κ2) is 9.67. The second-order valence-corrected chi connectivity index (χ2v) is 9.04. The van der Waals surface area contributed by atoms with Gasteiger partial charge in [-0.2, -0.15) is 0 Å². The van der Waals surface area contributed by atoms with Crippen molar-refractivity contribution >= 4 is 34.0 Å². The van der Waals surface area contributed by atoms with E-state index in [1.54, 1.807) is 13.2 Å². The molecule has 0 aliphatic carbocycles. The van der Waals surface area contributed by atoms with Crippen molar-refractivity contribution in [2.45, 2.75) is 6.42 Å². The average Bonchev–Trinajstić information content (AvgIpc) is 3.41. The largest absolute Gasteiger partial charge is 0.493 e. The van der Waals surface area contributed by atoms with E-state index in [1.165, 1.54) is 31.5 Å². The molecule has 0 bridgehead atoms. The Bertz CT molecular complexity index is 1140. The van der Waals surface area contributed by atoms with Crippen LogP contribution < -0.4 is 20.1 Å². The molecular formula is C24H27ClFN5O2. The molecule has 2 aliphatic heterocycles. The van der Waals surface area contributed by atoms with Crippen LogP contribution in [0.3, 0.4) is 0 Å². The number of hydrogen-bond donors (Lipinski definition) is 2. The third-order valence-corrected chi connectivity index (χ3v) is 6.73. The molecule has 33 heavy (non-hydrogen) atoms. The van der Waals surface area contributed by atoms with Crippen LogP contribution in [0.5, 0.6) is 11.5 Å². The number of anilines is 2. The first kappa shape index (κ1) is 22.1. The smallest absolute Gasteiger partial charge is 0.162 e. The van der Waals surface area contributed by atoms with Crippen LogP contribution in [0.25, 0.3) is 10.9 Å². The van der Waals surface area contributed by atoms with Crippen molar-refractivity contribution in [2.24, 2.45) is 11.8 Å². The summed E-state index contributed by atoms with van der Waals surface area (Å²) in [7, 11) is 1.62. The van der Waals surface area contributed by atoms with Crippen molar-refractivity contribution in [3.63, 3.8) is 0 Å². The van der Waals surface area contributed by atoms with Gasteiger partial charge in [-0.25, -0.2) is 14.4 Å². The van der Waals surface area contributed by atoms with Gasteiger partial charge in [0.15, 0.2) is 11.5 Å². The topological polar surface area (TPSA) is 71.5 Å². The maximum Gasteiger partial charge on any atom is 0.162 e. The first-order valence-electron chi connectivity index (χ1n) is 11.2. The summed E-state index contributed by atoms with van der Waals surface area (Å²) < 4.78 is 25.2. The second-order valence-electron chi connectivity index (χ2n) is 8.64. The Labute approximate surface area is 197 Å². The van der Waals surface area contributed by atoms with Crippen LogP contribution in [0, 0.1) is 17.7 Å². The fourth-order valence-electron chi connectivity index (χ4n) is 4.75. The molecule has 2 atom stereocenters. The quantitative estimate of drug-likeness (QED) is 0.479. The van der Waals surface area contributed by atoms with Crippen molar-refractivity contribution in [1.82, 2.24) is 20.2 Å². The number of likely N-dealkylation sites (tertiary alicyclic amines) is 1. The third-order valence-electron chi connectivity index (χ3n) is 6.44. The van der Waals surface area contributed by atoms with Crippen LogP contribution in [0.2, 0.25) is 5.02 Å². The van der Waals surface area contributed by atoms with E-state index < -0.39 is 5.82 Å². The van der Waals surface area contributed by atoms with Gasteiger partial charge < -0.3 is 25.0 Å². The van der Waals surface area contributed by atoms with E-state index in [-0.39, 0.29) is 5.02 Å². The Morgan fingerprint density at radius 3 is 2.73 bits per heavy atom. The number of aromatic nitrogens is 2. The van der Waals surface area contributed by atoms with E-state index in [0.29, 0.717) is 35.1 Å². The first-order valence-corrected chi connectivity index (χ1v) is 11.6. The zero-order chi connectivity index (χ0) is 22.8. The van der Waals surface area contributed by atoms with E-state index in [4.69, 9.17) is 21.1 Å². The van der Waals surface area contributed by atoms with Crippen LogP contribution >= 0.6 is 11.6 Å². The van der Waals surface area contributed by atoms with Gasteiger partial charge in [-0.05, 0) is 55.6 Å².